The molecule has 0 aliphatic carbocycles. The van der Waals surface area contributed by atoms with E-state index in [1.54, 1.807) is 0 Å². The second-order valence-corrected chi connectivity index (χ2v) is 7.97. The third-order valence-corrected chi connectivity index (χ3v) is 5.47. The first kappa shape index (κ1) is 20.4. The van der Waals surface area contributed by atoms with Crippen LogP contribution in [0.2, 0.25) is 0 Å². The van der Waals surface area contributed by atoms with E-state index in [2.05, 4.69) is 22.3 Å². The topological polar surface area (TPSA) is 55.9 Å². The van der Waals surface area contributed by atoms with E-state index in [1.165, 1.54) is 0 Å². The molecule has 4 rings (SSSR count). The van der Waals surface area contributed by atoms with Gasteiger partial charge in [0.2, 0.25) is 0 Å². The first-order valence-electron chi connectivity index (χ1n) is 9.95. The summed E-state index contributed by atoms with van der Waals surface area (Å²) in [5.74, 6) is 0.512. The first-order chi connectivity index (χ1) is 14.5. The Morgan fingerprint density at radius 3 is 2.07 bits per heavy atom. The summed E-state index contributed by atoms with van der Waals surface area (Å²) in [5, 5.41) is 19.9. The number of aliphatic hydroxyl groups excluding tert-OH is 1. The van der Waals surface area contributed by atoms with Gasteiger partial charge in [-0.2, -0.15) is 10.2 Å². The zero-order chi connectivity index (χ0) is 21.1. The SMILES string of the molecule is Cc1cnn(Cc2ccc(C(O)c3nn(Cc4ccc(CCl)cc4)cc3C)cc2)c1. The van der Waals surface area contributed by atoms with Gasteiger partial charge in [0.25, 0.3) is 0 Å². The maximum Gasteiger partial charge on any atom is 0.123 e. The fraction of sp³-hybridized carbons (Fsp3) is 0.250. The maximum atomic E-state index is 10.9. The molecule has 1 unspecified atom stereocenters. The van der Waals surface area contributed by atoms with Crippen molar-refractivity contribution in [1.29, 1.82) is 0 Å². The van der Waals surface area contributed by atoms with Crippen molar-refractivity contribution >= 4 is 11.6 Å². The van der Waals surface area contributed by atoms with Gasteiger partial charge in [-0.25, -0.2) is 0 Å². The highest BCUT2D eigenvalue weighted by Gasteiger charge is 2.17. The third kappa shape index (κ3) is 4.64. The lowest BCUT2D eigenvalue weighted by Gasteiger charge is -2.11. The monoisotopic (exact) mass is 420 g/mol. The van der Waals surface area contributed by atoms with Crippen LogP contribution >= 0.6 is 11.6 Å². The summed E-state index contributed by atoms with van der Waals surface area (Å²) in [4.78, 5) is 0. The van der Waals surface area contributed by atoms with Crippen molar-refractivity contribution in [2.45, 2.75) is 38.9 Å². The van der Waals surface area contributed by atoms with Crippen LogP contribution in [0.3, 0.4) is 0 Å². The van der Waals surface area contributed by atoms with Crippen molar-refractivity contribution in [2.24, 2.45) is 0 Å². The summed E-state index contributed by atoms with van der Waals surface area (Å²) in [7, 11) is 0. The van der Waals surface area contributed by atoms with E-state index >= 15 is 0 Å². The summed E-state index contributed by atoms with van der Waals surface area (Å²) < 4.78 is 3.78. The molecular formula is C24H25ClN4O. The van der Waals surface area contributed by atoms with Crippen molar-refractivity contribution in [3.63, 3.8) is 0 Å². The number of hydrogen-bond donors (Lipinski definition) is 1. The zero-order valence-electron chi connectivity index (χ0n) is 17.2. The van der Waals surface area contributed by atoms with Gasteiger partial charge >= 0.3 is 0 Å². The molecule has 0 amide bonds. The minimum atomic E-state index is -0.758. The number of aromatic nitrogens is 4. The summed E-state index contributed by atoms with van der Waals surface area (Å²) in [5.41, 5.74) is 7.00. The quantitative estimate of drug-likeness (QED) is 0.444. The van der Waals surface area contributed by atoms with Gasteiger partial charge in [-0.1, -0.05) is 48.5 Å². The highest BCUT2D eigenvalue weighted by atomic mass is 35.5. The molecule has 0 spiro atoms. The Labute approximate surface area is 181 Å². The van der Waals surface area contributed by atoms with E-state index in [-0.39, 0.29) is 0 Å². The van der Waals surface area contributed by atoms with E-state index in [9.17, 15) is 5.11 Å². The molecular weight excluding hydrogens is 396 g/mol. The fourth-order valence-corrected chi connectivity index (χ4v) is 3.69. The number of halogens is 1. The number of nitrogens with zero attached hydrogens (tertiary/aromatic N) is 4. The van der Waals surface area contributed by atoms with Gasteiger partial charge in [-0.05, 0) is 47.2 Å². The minimum Gasteiger partial charge on any atom is -0.382 e. The molecule has 4 aromatic rings. The van der Waals surface area contributed by atoms with Gasteiger partial charge in [-0.15, -0.1) is 11.6 Å². The smallest absolute Gasteiger partial charge is 0.123 e. The molecule has 0 aliphatic heterocycles. The molecule has 1 atom stereocenters. The fourth-order valence-electron chi connectivity index (χ4n) is 3.51. The van der Waals surface area contributed by atoms with Crippen molar-refractivity contribution in [1.82, 2.24) is 19.6 Å². The average molecular weight is 421 g/mol. The second kappa shape index (κ2) is 8.86. The van der Waals surface area contributed by atoms with Gasteiger partial charge in [0.1, 0.15) is 6.10 Å². The number of aliphatic hydroxyl groups is 1. The molecule has 0 saturated heterocycles. The highest BCUT2D eigenvalue weighted by Crippen LogP contribution is 2.24. The van der Waals surface area contributed by atoms with Crippen LogP contribution in [0.15, 0.2) is 67.1 Å². The van der Waals surface area contributed by atoms with E-state index < -0.39 is 6.10 Å². The number of alkyl halides is 1. The lowest BCUT2D eigenvalue weighted by atomic mass is 10.0. The molecule has 1 N–H and O–H groups in total. The number of hydrogen-bond acceptors (Lipinski definition) is 3. The summed E-state index contributed by atoms with van der Waals surface area (Å²) >= 11 is 5.86. The third-order valence-electron chi connectivity index (χ3n) is 5.17. The Balaban J connectivity index is 1.46. The molecule has 6 heteroatoms. The normalized spacial score (nSPS) is 12.3. The Kier molecular flexibility index (Phi) is 6.02. The van der Waals surface area contributed by atoms with Crippen LogP contribution in [-0.4, -0.2) is 24.7 Å². The standard InChI is InChI=1S/C24H25ClN4O/c1-17-12-26-28(13-17)15-21-7-9-22(10-8-21)24(30)23-18(2)14-29(27-23)16-20-5-3-19(11-25)4-6-20/h3-10,12-14,24,30H,11,15-16H2,1-2H3. The predicted molar refractivity (Wildman–Crippen MR) is 119 cm³/mol. The molecule has 0 bridgehead atoms. The van der Waals surface area contributed by atoms with Crippen molar-refractivity contribution in [2.75, 3.05) is 0 Å². The minimum absolute atomic E-state index is 0.512. The number of benzene rings is 2. The molecule has 2 heterocycles. The largest absolute Gasteiger partial charge is 0.382 e. The van der Waals surface area contributed by atoms with Gasteiger partial charge in [-0.3, -0.25) is 9.36 Å². The molecule has 5 nitrogen and oxygen atoms in total. The predicted octanol–water partition coefficient (Wildman–Crippen LogP) is 4.61. The second-order valence-electron chi connectivity index (χ2n) is 7.70. The van der Waals surface area contributed by atoms with Gasteiger partial charge in [0.15, 0.2) is 0 Å². The molecule has 2 aromatic carbocycles. The average Bonchev–Trinajstić information content (AvgIpc) is 3.33. The van der Waals surface area contributed by atoms with Crippen LogP contribution in [0.1, 0.15) is 45.2 Å². The van der Waals surface area contributed by atoms with Gasteiger partial charge in [0.05, 0.1) is 25.0 Å². The van der Waals surface area contributed by atoms with Crippen molar-refractivity contribution in [3.8, 4) is 0 Å². The Hall–Kier alpha value is -2.89. The lowest BCUT2D eigenvalue weighted by molar-refractivity contribution is 0.213. The Bertz CT molecular complexity index is 1110. The van der Waals surface area contributed by atoms with Crippen molar-refractivity contribution < 1.29 is 5.11 Å². The van der Waals surface area contributed by atoms with Crippen molar-refractivity contribution in [3.05, 3.63) is 106 Å². The van der Waals surface area contributed by atoms with E-state index in [0.717, 1.165) is 33.4 Å². The van der Waals surface area contributed by atoms with Gasteiger partial charge in [0, 0.05) is 18.3 Å². The molecule has 154 valence electrons. The van der Waals surface area contributed by atoms with Crippen LogP contribution in [0.5, 0.6) is 0 Å². The lowest BCUT2D eigenvalue weighted by Crippen LogP contribution is -2.06. The van der Waals surface area contributed by atoms with Crippen LogP contribution in [-0.2, 0) is 19.0 Å². The summed E-state index contributed by atoms with van der Waals surface area (Å²) in [6.45, 7) is 5.37. The molecule has 0 radical (unpaired) electrons. The van der Waals surface area contributed by atoms with Crippen LogP contribution in [0.25, 0.3) is 0 Å². The summed E-state index contributed by atoms with van der Waals surface area (Å²) in [6.07, 6.45) is 5.08. The molecule has 0 saturated carbocycles. The first-order valence-corrected chi connectivity index (χ1v) is 10.5. The highest BCUT2D eigenvalue weighted by molar-refractivity contribution is 6.17. The van der Waals surface area contributed by atoms with E-state index in [4.69, 9.17) is 11.6 Å². The number of rotatable bonds is 7. The van der Waals surface area contributed by atoms with Crippen LogP contribution < -0.4 is 0 Å². The summed E-state index contributed by atoms with van der Waals surface area (Å²) in [6, 6.07) is 16.1. The van der Waals surface area contributed by atoms with E-state index in [1.807, 2.05) is 78.2 Å². The molecule has 0 fully saturated rings. The van der Waals surface area contributed by atoms with Crippen LogP contribution in [0.4, 0.5) is 0 Å². The van der Waals surface area contributed by atoms with E-state index in [0.29, 0.717) is 24.7 Å². The maximum absolute atomic E-state index is 10.9. The van der Waals surface area contributed by atoms with Crippen LogP contribution in [0, 0.1) is 13.8 Å². The van der Waals surface area contributed by atoms with Gasteiger partial charge < -0.3 is 5.11 Å². The zero-order valence-corrected chi connectivity index (χ0v) is 17.9. The Morgan fingerprint density at radius 1 is 0.867 bits per heavy atom. The molecule has 30 heavy (non-hydrogen) atoms. The molecule has 2 aromatic heterocycles. The molecule has 0 aliphatic rings. The Morgan fingerprint density at radius 2 is 1.47 bits per heavy atom. The number of aryl methyl sites for hydroxylation is 2.